The molecule has 1 atom stereocenters. The lowest BCUT2D eigenvalue weighted by atomic mass is 10.2. The average molecular weight is 188 g/mol. The van der Waals surface area contributed by atoms with Crippen LogP contribution in [0.1, 0.15) is 34.6 Å². The van der Waals surface area contributed by atoms with E-state index in [0.717, 1.165) is 0 Å². The second kappa shape index (κ2) is 5.03. The summed E-state index contributed by atoms with van der Waals surface area (Å²) in [4.78, 5) is 0. The highest BCUT2D eigenvalue weighted by Gasteiger charge is 2.36. The minimum atomic E-state index is -1.33. The van der Waals surface area contributed by atoms with Crippen molar-refractivity contribution in [2.24, 2.45) is 5.92 Å². The quantitative estimate of drug-likeness (QED) is 0.658. The lowest BCUT2D eigenvalue weighted by Crippen LogP contribution is -2.48. The van der Waals surface area contributed by atoms with Crippen LogP contribution < -0.4 is 0 Å². The SMILES string of the molecule is CC[Si](CC)(CC)C(O)C(C)C. The van der Waals surface area contributed by atoms with Crippen molar-refractivity contribution in [2.75, 3.05) is 0 Å². The smallest absolute Gasteiger partial charge is 0.0868 e. The molecule has 0 amide bonds. The lowest BCUT2D eigenvalue weighted by molar-refractivity contribution is 0.189. The van der Waals surface area contributed by atoms with Gasteiger partial charge in [-0.1, -0.05) is 52.8 Å². The molecule has 0 saturated carbocycles. The first-order chi connectivity index (χ1) is 5.54. The van der Waals surface area contributed by atoms with Gasteiger partial charge in [-0.05, 0) is 5.92 Å². The van der Waals surface area contributed by atoms with E-state index < -0.39 is 8.07 Å². The van der Waals surface area contributed by atoms with Gasteiger partial charge in [0.05, 0.1) is 8.07 Å². The largest absolute Gasteiger partial charge is 0.396 e. The van der Waals surface area contributed by atoms with Crippen LogP contribution in [0.2, 0.25) is 18.1 Å². The highest BCUT2D eigenvalue weighted by molar-refractivity contribution is 6.80. The van der Waals surface area contributed by atoms with Gasteiger partial charge in [0.2, 0.25) is 0 Å². The van der Waals surface area contributed by atoms with Crippen LogP contribution in [-0.2, 0) is 0 Å². The maximum Gasteiger partial charge on any atom is 0.0868 e. The topological polar surface area (TPSA) is 20.2 Å². The maximum absolute atomic E-state index is 10.1. The van der Waals surface area contributed by atoms with Gasteiger partial charge in [-0.3, -0.25) is 0 Å². The minimum Gasteiger partial charge on any atom is -0.396 e. The van der Waals surface area contributed by atoms with Crippen molar-refractivity contribution in [3.8, 4) is 0 Å². The van der Waals surface area contributed by atoms with E-state index in [1.807, 2.05) is 0 Å². The molecule has 0 radical (unpaired) electrons. The van der Waals surface area contributed by atoms with E-state index in [1.165, 1.54) is 18.1 Å². The second-order valence-electron chi connectivity index (χ2n) is 4.11. The summed E-state index contributed by atoms with van der Waals surface area (Å²) in [5.41, 5.74) is -0.00231. The van der Waals surface area contributed by atoms with Crippen LogP contribution in [0.3, 0.4) is 0 Å². The predicted octanol–water partition coefficient (Wildman–Crippen LogP) is 3.05. The Morgan fingerprint density at radius 1 is 1.00 bits per heavy atom. The van der Waals surface area contributed by atoms with Gasteiger partial charge < -0.3 is 5.11 Å². The number of aliphatic hydroxyl groups is 1. The Morgan fingerprint density at radius 2 is 1.33 bits per heavy atom. The molecule has 12 heavy (non-hydrogen) atoms. The zero-order chi connectivity index (χ0) is 9.78. The molecule has 0 spiro atoms. The van der Waals surface area contributed by atoms with Crippen molar-refractivity contribution in [1.82, 2.24) is 0 Å². The van der Waals surface area contributed by atoms with Gasteiger partial charge in [0.1, 0.15) is 0 Å². The van der Waals surface area contributed by atoms with Crippen LogP contribution in [0, 0.1) is 5.92 Å². The minimum absolute atomic E-state index is 0.00231. The normalized spacial score (nSPS) is 15.2. The molecule has 0 aliphatic rings. The summed E-state index contributed by atoms with van der Waals surface area (Å²) in [7, 11) is -1.33. The average Bonchev–Trinajstić information content (AvgIpc) is 2.08. The first-order valence-corrected chi connectivity index (χ1v) is 7.92. The molecule has 0 fully saturated rings. The van der Waals surface area contributed by atoms with E-state index >= 15 is 0 Å². The summed E-state index contributed by atoms with van der Waals surface area (Å²) in [5, 5.41) is 10.1. The molecule has 1 N–H and O–H groups in total. The van der Waals surface area contributed by atoms with E-state index in [1.54, 1.807) is 0 Å². The first kappa shape index (κ1) is 12.2. The van der Waals surface area contributed by atoms with Gasteiger partial charge in [-0.15, -0.1) is 0 Å². The molecule has 2 heteroatoms. The third-order valence-electron chi connectivity index (χ3n) is 3.37. The molecular formula is C10H24OSi. The second-order valence-corrected chi connectivity index (χ2v) is 9.55. The molecule has 1 nitrogen and oxygen atoms in total. The third kappa shape index (κ3) is 2.33. The number of hydrogen-bond donors (Lipinski definition) is 1. The van der Waals surface area contributed by atoms with Gasteiger partial charge in [0.15, 0.2) is 0 Å². The zero-order valence-electron chi connectivity index (χ0n) is 9.22. The Labute approximate surface area is 78.2 Å². The van der Waals surface area contributed by atoms with Crippen molar-refractivity contribution in [3.05, 3.63) is 0 Å². The Kier molecular flexibility index (Phi) is 5.10. The highest BCUT2D eigenvalue weighted by atomic mass is 28.3. The standard InChI is InChI=1S/C10H24OSi/c1-6-12(7-2,8-3)10(11)9(4)5/h9-11H,6-8H2,1-5H3. The molecule has 0 aliphatic carbocycles. The van der Waals surface area contributed by atoms with Gasteiger partial charge >= 0.3 is 0 Å². The lowest BCUT2D eigenvalue weighted by Gasteiger charge is -2.35. The van der Waals surface area contributed by atoms with E-state index in [9.17, 15) is 5.11 Å². The van der Waals surface area contributed by atoms with Crippen LogP contribution in [0.4, 0.5) is 0 Å². The van der Waals surface area contributed by atoms with Crippen molar-refractivity contribution < 1.29 is 5.11 Å². The summed E-state index contributed by atoms with van der Waals surface area (Å²) in [6, 6.07) is 3.66. The fraction of sp³-hybridized carbons (Fsp3) is 1.00. The molecule has 0 rings (SSSR count). The Balaban J connectivity index is 4.46. The molecule has 0 bridgehead atoms. The zero-order valence-corrected chi connectivity index (χ0v) is 10.2. The highest BCUT2D eigenvalue weighted by Crippen LogP contribution is 2.27. The van der Waals surface area contributed by atoms with E-state index in [4.69, 9.17) is 0 Å². The first-order valence-electron chi connectivity index (χ1n) is 5.22. The van der Waals surface area contributed by atoms with Crippen LogP contribution in [0.15, 0.2) is 0 Å². The monoisotopic (exact) mass is 188 g/mol. The van der Waals surface area contributed by atoms with Gasteiger partial charge in [0, 0.05) is 5.73 Å². The molecule has 1 unspecified atom stereocenters. The van der Waals surface area contributed by atoms with Gasteiger partial charge in [-0.25, -0.2) is 0 Å². The van der Waals surface area contributed by atoms with Crippen LogP contribution in [0.25, 0.3) is 0 Å². The van der Waals surface area contributed by atoms with Crippen LogP contribution >= 0.6 is 0 Å². The molecule has 0 heterocycles. The molecule has 0 aliphatic heterocycles. The molecule has 74 valence electrons. The summed E-state index contributed by atoms with van der Waals surface area (Å²) in [5.74, 6) is 0.441. The molecular weight excluding hydrogens is 164 g/mol. The number of hydrogen-bond acceptors (Lipinski definition) is 1. The van der Waals surface area contributed by atoms with E-state index in [2.05, 4.69) is 34.6 Å². The van der Waals surface area contributed by atoms with E-state index in [-0.39, 0.29) is 5.73 Å². The van der Waals surface area contributed by atoms with Crippen LogP contribution in [-0.4, -0.2) is 18.9 Å². The van der Waals surface area contributed by atoms with Gasteiger partial charge in [0.25, 0.3) is 0 Å². The van der Waals surface area contributed by atoms with Gasteiger partial charge in [-0.2, -0.15) is 0 Å². The fourth-order valence-corrected chi connectivity index (χ4v) is 6.25. The van der Waals surface area contributed by atoms with Crippen molar-refractivity contribution in [1.29, 1.82) is 0 Å². The Bertz CT molecular complexity index is 111. The van der Waals surface area contributed by atoms with E-state index in [0.29, 0.717) is 5.92 Å². The predicted molar refractivity (Wildman–Crippen MR) is 58.0 cm³/mol. The van der Waals surface area contributed by atoms with Crippen molar-refractivity contribution in [3.63, 3.8) is 0 Å². The molecule has 0 aromatic carbocycles. The van der Waals surface area contributed by atoms with Crippen molar-refractivity contribution in [2.45, 2.75) is 58.5 Å². The summed E-state index contributed by atoms with van der Waals surface area (Å²) >= 11 is 0. The third-order valence-corrected chi connectivity index (χ3v) is 9.52. The van der Waals surface area contributed by atoms with Crippen LogP contribution in [0.5, 0.6) is 0 Å². The number of aliphatic hydroxyl groups excluding tert-OH is 1. The molecule has 0 saturated heterocycles. The number of rotatable bonds is 5. The summed E-state index contributed by atoms with van der Waals surface area (Å²) < 4.78 is 0. The fourth-order valence-electron chi connectivity index (χ4n) is 2.08. The summed E-state index contributed by atoms with van der Waals surface area (Å²) in [6.45, 7) is 11.0. The summed E-state index contributed by atoms with van der Waals surface area (Å²) in [6.07, 6.45) is 0. The Morgan fingerprint density at radius 3 is 1.42 bits per heavy atom. The maximum atomic E-state index is 10.1. The molecule has 0 aromatic heterocycles. The van der Waals surface area contributed by atoms with Crippen molar-refractivity contribution >= 4 is 8.07 Å². The Hall–Kier alpha value is 0.177. The molecule has 0 aromatic rings.